The van der Waals surface area contributed by atoms with Gasteiger partial charge < -0.3 is 18.9 Å². The molecule has 0 saturated carbocycles. The zero-order chi connectivity index (χ0) is 20.6. The number of para-hydroxylation sites is 1. The van der Waals surface area contributed by atoms with Crippen molar-refractivity contribution in [2.24, 2.45) is 0 Å². The van der Waals surface area contributed by atoms with Crippen LogP contribution in [-0.4, -0.2) is 38.6 Å². The van der Waals surface area contributed by atoms with Gasteiger partial charge in [-0.25, -0.2) is 0 Å². The minimum absolute atomic E-state index is 0.314. The number of amides is 2. The minimum atomic E-state index is -0.416. The van der Waals surface area contributed by atoms with Crippen molar-refractivity contribution < 1.29 is 28.5 Å². The van der Waals surface area contributed by atoms with E-state index in [9.17, 15) is 9.59 Å². The van der Waals surface area contributed by atoms with Gasteiger partial charge in [0.25, 0.3) is 11.1 Å². The fraction of sp³-hybridized carbons (Fsp3) is 0.238. The highest BCUT2D eigenvalue weighted by atomic mass is 32.2. The van der Waals surface area contributed by atoms with Gasteiger partial charge in [-0.1, -0.05) is 18.2 Å². The number of nitrogens with one attached hydrogen (secondary N) is 1. The molecule has 0 bridgehead atoms. The summed E-state index contributed by atoms with van der Waals surface area (Å²) in [5.41, 5.74) is 0.658. The van der Waals surface area contributed by atoms with Crippen LogP contribution in [0.1, 0.15) is 12.0 Å². The first-order chi connectivity index (χ1) is 14.1. The van der Waals surface area contributed by atoms with Gasteiger partial charge in [-0.3, -0.25) is 14.9 Å². The number of carbonyl (C=O) groups is 2. The number of hydrogen-bond donors (Lipinski definition) is 1. The van der Waals surface area contributed by atoms with Crippen LogP contribution >= 0.6 is 11.8 Å². The predicted octanol–water partition coefficient (Wildman–Crippen LogP) is 3.88. The van der Waals surface area contributed by atoms with E-state index >= 15 is 0 Å². The van der Waals surface area contributed by atoms with Crippen molar-refractivity contribution in [3.63, 3.8) is 0 Å². The fourth-order valence-electron chi connectivity index (χ4n) is 2.64. The summed E-state index contributed by atoms with van der Waals surface area (Å²) in [7, 11) is 3.16. The zero-order valence-corrected chi connectivity index (χ0v) is 16.9. The molecular weight excluding hydrogens is 394 g/mol. The second-order valence-corrected chi connectivity index (χ2v) is 6.98. The number of imide groups is 1. The van der Waals surface area contributed by atoms with Crippen LogP contribution in [-0.2, 0) is 4.79 Å². The van der Waals surface area contributed by atoms with Crippen molar-refractivity contribution in [3.8, 4) is 23.0 Å². The summed E-state index contributed by atoms with van der Waals surface area (Å²) in [6, 6.07) is 12.8. The standard InChI is InChI=1S/C21H21NO6S/c1-25-15-7-4-8-16(13-15)27-10-5-11-28-19-14(6-3-9-17(19)26-2)12-18-20(23)22-21(24)29-18/h3-4,6-9,12-13H,5,10-11H2,1-2H3,(H,22,23,24). The van der Waals surface area contributed by atoms with Crippen molar-refractivity contribution in [1.29, 1.82) is 0 Å². The van der Waals surface area contributed by atoms with Gasteiger partial charge in [0.15, 0.2) is 11.5 Å². The summed E-state index contributed by atoms with van der Waals surface area (Å²) in [5.74, 6) is 2.10. The van der Waals surface area contributed by atoms with Crippen molar-refractivity contribution in [3.05, 3.63) is 52.9 Å². The number of carbonyl (C=O) groups excluding carboxylic acids is 2. The molecule has 0 aliphatic carbocycles. The number of ether oxygens (including phenoxy) is 4. The molecule has 1 fully saturated rings. The van der Waals surface area contributed by atoms with Crippen molar-refractivity contribution in [2.45, 2.75) is 6.42 Å². The van der Waals surface area contributed by atoms with Gasteiger partial charge >= 0.3 is 0 Å². The Morgan fingerprint density at radius 2 is 1.72 bits per heavy atom. The zero-order valence-electron chi connectivity index (χ0n) is 16.1. The molecule has 29 heavy (non-hydrogen) atoms. The van der Waals surface area contributed by atoms with Gasteiger partial charge in [-0.05, 0) is 36.0 Å². The highest BCUT2D eigenvalue weighted by Crippen LogP contribution is 2.35. The van der Waals surface area contributed by atoms with Crippen LogP contribution in [0.25, 0.3) is 6.08 Å². The molecule has 0 unspecified atom stereocenters. The molecule has 2 amide bonds. The first kappa shape index (κ1) is 20.6. The van der Waals surface area contributed by atoms with E-state index in [0.29, 0.717) is 41.6 Å². The smallest absolute Gasteiger partial charge is 0.290 e. The number of methoxy groups -OCH3 is 2. The van der Waals surface area contributed by atoms with Gasteiger partial charge in [0.1, 0.15) is 11.5 Å². The maximum atomic E-state index is 11.8. The molecule has 152 valence electrons. The molecule has 3 rings (SSSR count). The largest absolute Gasteiger partial charge is 0.497 e. The molecule has 0 radical (unpaired) electrons. The van der Waals surface area contributed by atoms with E-state index in [1.165, 1.54) is 0 Å². The molecular formula is C21H21NO6S. The van der Waals surface area contributed by atoms with Crippen molar-refractivity contribution in [2.75, 3.05) is 27.4 Å². The fourth-order valence-corrected chi connectivity index (χ4v) is 3.31. The lowest BCUT2D eigenvalue weighted by atomic mass is 10.1. The molecule has 1 saturated heterocycles. The van der Waals surface area contributed by atoms with Crippen LogP contribution in [0.2, 0.25) is 0 Å². The van der Waals surface area contributed by atoms with E-state index in [0.717, 1.165) is 23.3 Å². The van der Waals surface area contributed by atoms with Crippen LogP contribution in [0, 0.1) is 0 Å². The number of benzene rings is 2. The van der Waals surface area contributed by atoms with Crippen LogP contribution < -0.4 is 24.3 Å². The molecule has 0 spiro atoms. The average molecular weight is 415 g/mol. The Morgan fingerprint density at radius 1 is 0.966 bits per heavy atom. The maximum Gasteiger partial charge on any atom is 0.290 e. The third kappa shape index (κ3) is 5.45. The molecule has 1 N–H and O–H groups in total. The van der Waals surface area contributed by atoms with E-state index in [-0.39, 0.29) is 5.24 Å². The molecule has 1 aliphatic heterocycles. The molecule has 8 heteroatoms. The van der Waals surface area contributed by atoms with Crippen molar-refractivity contribution >= 4 is 29.0 Å². The van der Waals surface area contributed by atoms with E-state index < -0.39 is 5.91 Å². The second-order valence-electron chi connectivity index (χ2n) is 5.96. The monoisotopic (exact) mass is 415 g/mol. The SMILES string of the molecule is COc1cccc(OCCCOc2c(C=C3SC(=O)NC3=O)cccc2OC)c1. The Labute approximate surface area is 173 Å². The first-order valence-electron chi connectivity index (χ1n) is 8.92. The lowest BCUT2D eigenvalue weighted by Crippen LogP contribution is -2.17. The minimum Gasteiger partial charge on any atom is -0.497 e. The number of thioether (sulfide) groups is 1. The van der Waals surface area contributed by atoms with Crippen LogP contribution in [0.15, 0.2) is 47.4 Å². The van der Waals surface area contributed by atoms with Gasteiger partial charge in [0.2, 0.25) is 0 Å². The lowest BCUT2D eigenvalue weighted by molar-refractivity contribution is -0.115. The van der Waals surface area contributed by atoms with E-state index in [2.05, 4.69) is 5.32 Å². The summed E-state index contributed by atoms with van der Waals surface area (Å²) >= 11 is 0.858. The maximum absolute atomic E-state index is 11.8. The molecule has 7 nitrogen and oxygen atoms in total. The Morgan fingerprint density at radius 3 is 2.45 bits per heavy atom. The quantitative estimate of drug-likeness (QED) is 0.492. The van der Waals surface area contributed by atoms with E-state index in [1.54, 1.807) is 38.5 Å². The van der Waals surface area contributed by atoms with E-state index in [4.69, 9.17) is 18.9 Å². The molecule has 1 heterocycles. The van der Waals surface area contributed by atoms with Gasteiger partial charge in [0, 0.05) is 18.1 Å². The highest BCUT2D eigenvalue weighted by Gasteiger charge is 2.25. The van der Waals surface area contributed by atoms with Gasteiger partial charge in [-0.2, -0.15) is 0 Å². The third-order valence-electron chi connectivity index (χ3n) is 4.00. The summed E-state index contributed by atoms with van der Waals surface area (Å²) in [6.07, 6.45) is 2.26. The summed E-state index contributed by atoms with van der Waals surface area (Å²) in [5, 5.41) is 1.85. The molecule has 2 aromatic rings. The Bertz CT molecular complexity index is 927. The molecule has 0 atom stereocenters. The molecule has 0 aromatic heterocycles. The van der Waals surface area contributed by atoms with Crippen LogP contribution in [0.5, 0.6) is 23.0 Å². The van der Waals surface area contributed by atoms with Crippen molar-refractivity contribution in [1.82, 2.24) is 5.32 Å². The Balaban J connectivity index is 1.61. The highest BCUT2D eigenvalue weighted by molar-refractivity contribution is 8.18. The van der Waals surface area contributed by atoms with Gasteiger partial charge in [0.05, 0.1) is 32.3 Å². The van der Waals surface area contributed by atoms with Gasteiger partial charge in [-0.15, -0.1) is 0 Å². The number of rotatable bonds is 9. The lowest BCUT2D eigenvalue weighted by Gasteiger charge is -2.14. The Hall–Kier alpha value is -3.13. The summed E-state index contributed by atoms with van der Waals surface area (Å²) in [6.45, 7) is 0.851. The Kier molecular flexibility index (Phi) is 7.02. The van der Waals surface area contributed by atoms with Crippen LogP contribution in [0.3, 0.4) is 0 Å². The molecule has 2 aromatic carbocycles. The van der Waals surface area contributed by atoms with E-state index in [1.807, 2.05) is 24.3 Å². The number of hydrogen-bond acceptors (Lipinski definition) is 7. The molecule has 1 aliphatic rings. The third-order valence-corrected chi connectivity index (χ3v) is 4.81. The normalized spacial score (nSPS) is 14.6. The van der Waals surface area contributed by atoms with Crippen LogP contribution in [0.4, 0.5) is 4.79 Å². The average Bonchev–Trinajstić information content (AvgIpc) is 3.05. The summed E-state index contributed by atoms with van der Waals surface area (Å²) < 4.78 is 22.2. The summed E-state index contributed by atoms with van der Waals surface area (Å²) in [4.78, 5) is 23.5. The first-order valence-corrected chi connectivity index (χ1v) is 9.74. The predicted molar refractivity (Wildman–Crippen MR) is 111 cm³/mol. The topological polar surface area (TPSA) is 83.1 Å². The second kappa shape index (κ2) is 9.88.